The van der Waals surface area contributed by atoms with E-state index in [4.69, 9.17) is 0 Å². The Bertz CT molecular complexity index is 485. The molecule has 1 aromatic carbocycles. The van der Waals surface area contributed by atoms with E-state index >= 15 is 0 Å². The van der Waals surface area contributed by atoms with E-state index in [1.807, 2.05) is 18.2 Å². The summed E-state index contributed by atoms with van der Waals surface area (Å²) in [6, 6.07) is 5.66. The number of rotatable bonds is 3. The molecule has 0 heterocycles. The van der Waals surface area contributed by atoms with Crippen LogP contribution in [0.15, 0.2) is 22.7 Å². The molecule has 1 aliphatic carbocycles. The quantitative estimate of drug-likeness (QED) is 0.541. The molecule has 5 heteroatoms. The Hall–Kier alpha value is -0.140. The van der Waals surface area contributed by atoms with Crippen LogP contribution in [0.2, 0.25) is 0 Å². The van der Waals surface area contributed by atoms with Crippen LogP contribution in [0.25, 0.3) is 0 Å². The minimum Gasteiger partial charge on any atom is -0.388 e. The number of nitrogens with one attached hydrogen (secondary N) is 1. The van der Waals surface area contributed by atoms with E-state index in [0.717, 1.165) is 33.7 Å². The van der Waals surface area contributed by atoms with E-state index in [1.54, 1.807) is 0 Å². The number of carbonyl (C=O) groups excluding carboxylic acids is 1. The average Bonchev–Trinajstić information content (AvgIpc) is 2.64. The first kappa shape index (κ1) is 16.2. The first-order valence-electron chi connectivity index (χ1n) is 6.96. The first-order valence-corrected chi connectivity index (χ1v) is 8.83. The van der Waals surface area contributed by atoms with Gasteiger partial charge in [-0.25, -0.2) is 0 Å². The molecular formula is C15H19BrINO2. The third-order valence-electron chi connectivity index (χ3n) is 3.79. The van der Waals surface area contributed by atoms with Gasteiger partial charge >= 0.3 is 0 Å². The Balaban J connectivity index is 1.99. The number of hydrogen-bond acceptors (Lipinski definition) is 2. The largest absolute Gasteiger partial charge is 0.388 e. The molecule has 0 aromatic heterocycles. The van der Waals surface area contributed by atoms with Crippen molar-refractivity contribution in [2.75, 3.05) is 6.54 Å². The Morgan fingerprint density at radius 3 is 2.60 bits per heavy atom. The monoisotopic (exact) mass is 451 g/mol. The SMILES string of the molecule is O=C(NCC1(O)CCCCCC1)c1cc(I)ccc1Br. The van der Waals surface area contributed by atoms with Crippen molar-refractivity contribution in [3.63, 3.8) is 0 Å². The van der Waals surface area contributed by atoms with Crippen LogP contribution in [-0.2, 0) is 0 Å². The molecule has 1 fully saturated rings. The molecule has 0 atom stereocenters. The number of amides is 1. The summed E-state index contributed by atoms with van der Waals surface area (Å²) in [7, 11) is 0. The van der Waals surface area contributed by atoms with Gasteiger partial charge in [0.2, 0.25) is 0 Å². The summed E-state index contributed by atoms with van der Waals surface area (Å²) >= 11 is 5.58. The number of halogens is 2. The topological polar surface area (TPSA) is 49.3 Å². The fourth-order valence-corrected chi connectivity index (χ4v) is 3.49. The highest BCUT2D eigenvalue weighted by molar-refractivity contribution is 14.1. The molecular weight excluding hydrogens is 433 g/mol. The highest BCUT2D eigenvalue weighted by atomic mass is 127. The van der Waals surface area contributed by atoms with Gasteiger partial charge < -0.3 is 10.4 Å². The molecule has 1 aromatic rings. The zero-order valence-electron chi connectivity index (χ0n) is 11.3. The van der Waals surface area contributed by atoms with Crippen LogP contribution in [0.1, 0.15) is 48.9 Å². The molecule has 20 heavy (non-hydrogen) atoms. The predicted octanol–water partition coefficient (Wildman–Crippen LogP) is 3.87. The summed E-state index contributed by atoms with van der Waals surface area (Å²) in [5, 5.41) is 13.4. The summed E-state index contributed by atoms with van der Waals surface area (Å²) < 4.78 is 1.80. The second-order valence-electron chi connectivity index (χ2n) is 5.45. The Kier molecular flexibility index (Phi) is 5.86. The maximum atomic E-state index is 12.2. The molecule has 0 aliphatic heterocycles. The number of aliphatic hydroxyl groups is 1. The number of benzene rings is 1. The zero-order valence-corrected chi connectivity index (χ0v) is 15.0. The van der Waals surface area contributed by atoms with E-state index < -0.39 is 5.60 Å². The van der Waals surface area contributed by atoms with Crippen LogP contribution >= 0.6 is 38.5 Å². The summed E-state index contributed by atoms with van der Waals surface area (Å²) in [5.41, 5.74) is -0.116. The first-order chi connectivity index (χ1) is 9.50. The molecule has 2 N–H and O–H groups in total. The van der Waals surface area contributed by atoms with Crippen LogP contribution in [0, 0.1) is 3.57 Å². The second kappa shape index (κ2) is 7.22. The standard InChI is InChI=1S/C15H19BrINO2/c16-13-6-5-11(17)9-12(13)14(19)18-10-15(20)7-3-1-2-4-8-15/h5-6,9,20H,1-4,7-8,10H2,(H,18,19). The molecule has 0 radical (unpaired) electrons. The Morgan fingerprint density at radius 1 is 1.30 bits per heavy atom. The van der Waals surface area contributed by atoms with Crippen molar-refractivity contribution in [1.82, 2.24) is 5.32 Å². The third kappa shape index (κ3) is 4.43. The Labute approximate surface area is 141 Å². The molecule has 110 valence electrons. The van der Waals surface area contributed by atoms with Gasteiger partial charge in [0, 0.05) is 14.6 Å². The maximum absolute atomic E-state index is 12.2. The Morgan fingerprint density at radius 2 is 1.95 bits per heavy atom. The molecule has 0 saturated heterocycles. The van der Waals surface area contributed by atoms with Gasteiger partial charge in [-0.1, -0.05) is 25.7 Å². The number of hydrogen-bond donors (Lipinski definition) is 2. The van der Waals surface area contributed by atoms with Crippen molar-refractivity contribution in [2.45, 2.75) is 44.1 Å². The molecule has 1 aliphatic rings. The van der Waals surface area contributed by atoms with Crippen molar-refractivity contribution in [1.29, 1.82) is 0 Å². The van der Waals surface area contributed by atoms with Gasteiger partial charge in [-0.3, -0.25) is 4.79 Å². The van der Waals surface area contributed by atoms with Gasteiger partial charge in [0.25, 0.3) is 5.91 Å². The average molecular weight is 452 g/mol. The molecule has 1 saturated carbocycles. The van der Waals surface area contributed by atoms with Crippen LogP contribution in [-0.4, -0.2) is 23.2 Å². The fraction of sp³-hybridized carbons (Fsp3) is 0.533. The van der Waals surface area contributed by atoms with Gasteiger partial charge in [0.05, 0.1) is 11.2 Å². The van der Waals surface area contributed by atoms with Crippen LogP contribution in [0.4, 0.5) is 0 Å². The molecule has 1 amide bonds. The second-order valence-corrected chi connectivity index (χ2v) is 7.55. The van der Waals surface area contributed by atoms with Gasteiger partial charge in [-0.05, 0) is 69.6 Å². The maximum Gasteiger partial charge on any atom is 0.252 e. The van der Waals surface area contributed by atoms with E-state index in [1.165, 1.54) is 12.8 Å². The van der Waals surface area contributed by atoms with E-state index in [9.17, 15) is 9.90 Å². The van der Waals surface area contributed by atoms with Crippen LogP contribution in [0.3, 0.4) is 0 Å². The van der Waals surface area contributed by atoms with Crippen molar-refractivity contribution in [2.24, 2.45) is 0 Å². The lowest BCUT2D eigenvalue weighted by Crippen LogP contribution is -2.42. The summed E-state index contributed by atoms with van der Waals surface area (Å²) in [4.78, 5) is 12.2. The minimum atomic E-state index is -0.736. The minimum absolute atomic E-state index is 0.131. The van der Waals surface area contributed by atoms with Crippen LogP contribution in [0.5, 0.6) is 0 Å². The third-order valence-corrected chi connectivity index (χ3v) is 5.15. The molecule has 0 spiro atoms. The lowest BCUT2D eigenvalue weighted by Gasteiger charge is -2.26. The summed E-state index contributed by atoms with van der Waals surface area (Å²) in [6.45, 7) is 0.337. The zero-order chi connectivity index (χ0) is 14.6. The van der Waals surface area contributed by atoms with Crippen LogP contribution < -0.4 is 5.32 Å². The molecule has 0 bridgehead atoms. The summed E-state index contributed by atoms with van der Waals surface area (Å²) in [6.07, 6.45) is 6.00. The van der Waals surface area contributed by atoms with Crippen molar-refractivity contribution in [3.8, 4) is 0 Å². The summed E-state index contributed by atoms with van der Waals surface area (Å²) in [5.74, 6) is -0.131. The normalized spacial score (nSPS) is 18.4. The molecule has 2 rings (SSSR count). The molecule has 0 unspecified atom stereocenters. The highest BCUT2D eigenvalue weighted by Crippen LogP contribution is 2.26. The van der Waals surface area contributed by atoms with E-state index in [-0.39, 0.29) is 5.91 Å². The smallest absolute Gasteiger partial charge is 0.252 e. The van der Waals surface area contributed by atoms with E-state index in [0.29, 0.717) is 12.1 Å². The highest BCUT2D eigenvalue weighted by Gasteiger charge is 2.28. The van der Waals surface area contributed by atoms with Gasteiger partial charge in [-0.15, -0.1) is 0 Å². The van der Waals surface area contributed by atoms with Gasteiger partial charge in [-0.2, -0.15) is 0 Å². The van der Waals surface area contributed by atoms with Crippen molar-refractivity contribution >= 4 is 44.4 Å². The number of carbonyl (C=O) groups is 1. The van der Waals surface area contributed by atoms with Gasteiger partial charge in [0.15, 0.2) is 0 Å². The van der Waals surface area contributed by atoms with E-state index in [2.05, 4.69) is 43.8 Å². The van der Waals surface area contributed by atoms with Crippen molar-refractivity contribution < 1.29 is 9.90 Å². The lowest BCUT2D eigenvalue weighted by atomic mass is 9.94. The lowest BCUT2D eigenvalue weighted by molar-refractivity contribution is 0.0246. The fourth-order valence-electron chi connectivity index (χ4n) is 2.57. The van der Waals surface area contributed by atoms with Gasteiger partial charge in [0.1, 0.15) is 0 Å². The van der Waals surface area contributed by atoms with Crippen molar-refractivity contribution in [3.05, 3.63) is 31.8 Å². The predicted molar refractivity (Wildman–Crippen MR) is 91.8 cm³/mol. The molecule has 3 nitrogen and oxygen atoms in total.